The summed E-state index contributed by atoms with van der Waals surface area (Å²) >= 11 is 0. The van der Waals surface area contributed by atoms with Crippen LogP contribution in [0.2, 0.25) is 0 Å². The molecule has 2 heterocycles. The van der Waals surface area contributed by atoms with E-state index in [4.69, 9.17) is 4.52 Å². The fraction of sp³-hybridized carbons (Fsp3) is 0.350. The largest absolute Gasteiger partial charge is 0.350 e. The summed E-state index contributed by atoms with van der Waals surface area (Å²) in [5.41, 5.74) is 2.43. The van der Waals surface area contributed by atoms with Gasteiger partial charge in [0.1, 0.15) is 5.82 Å². The molecule has 0 bridgehead atoms. The van der Waals surface area contributed by atoms with E-state index in [0.29, 0.717) is 17.8 Å². The van der Waals surface area contributed by atoms with Gasteiger partial charge < -0.3 is 14.7 Å². The highest BCUT2D eigenvalue weighted by Crippen LogP contribution is 2.24. The second kappa shape index (κ2) is 7.84. The number of nitrogens with one attached hydrogen (secondary N) is 1. The lowest BCUT2D eigenvalue weighted by Gasteiger charge is -2.25. The number of carbonyl (C=O) groups excluding carboxylic acids is 1. The molecule has 142 valence electrons. The lowest BCUT2D eigenvalue weighted by atomic mass is 10.0. The summed E-state index contributed by atoms with van der Waals surface area (Å²) in [6.45, 7) is 4.35. The topological polar surface area (TPSA) is 71.3 Å². The van der Waals surface area contributed by atoms with Gasteiger partial charge in [0.05, 0.1) is 22.7 Å². The van der Waals surface area contributed by atoms with E-state index in [2.05, 4.69) is 15.5 Å². The number of hydrogen-bond donors (Lipinski definition) is 1. The summed E-state index contributed by atoms with van der Waals surface area (Å²) in [7, 11) is 3.78. The van der Waals surface area contributed by atoms with Crippen molar-refractivity contribution < 1.29 is 13.7 Å². The molecule has 1 N–H and O–H groups in total. The number of pyridine rings is 1. The SMILES string of the molecule is CC(C)c1noc2ncc(C(=O)NC[C@H](c3cccc(F)c3)N(C)C)cc12. The second-order valence-corrected chi connectivity index (χ2v) is 7.04. The predicted octanol–water partition coefficient (Wildman–Crippen LogP) is 3.52. The van der Waals surface area contributed by atoms with Crippen molar-refractivity contribution in [3.05, 3.63) is 59.2 Å². The van der Waals surface area contributed by atoms with Gasteiger partial charge in [0, 0.05) is 12.7 Å². The van der Waals surface area contributed by atoms with Crippen molar-refractivity contribution in [2.45, 2.75) is 25.8 Å². The van der Waals surface area contributed by atoms with Gasteiger partial charge in [-0.05, 0) is 43.8 Å². The van der Waals surface area contributed by atoms with Crippen molar-refractivity contribution in [3.63, 3.8) is 0 Å². The molecule has 0 saturated heterocycles. The number of likely N-dealkylation sites (N-methyl/N-ethyl adjacent to an activating group) is 1. The zero-order valence-electron chi connectivity index (χ0n) is 15.9. The second-order valence-electron chi connectivity index (χ2n) is 7.04. The van der Waals surface area contributed by atoms with E-state index < -0.39 is 0 Å². The standard InChI is InChI=1S/C20H23FN4O2/c1-12(2)18-16-9-14(10-23-20(16)27-24-18)19(26)22-11-17(25(3)4)13-6-5-7-15(21)8-13/h5-10,12,17H,11H2,1-4H3,(H,22,26)/t17-/m1/s1. The van der Waals surface area contributed by atoms with Crippen molar-refractivity contribution >= 4 is 17.0 Å². The minimum atomic E-state index is -0.297. The Labute approximate surface area is 157 Å². The number of amides is 1. The normalized spacial score (nSPS) is 12.7. The van der Waals surface area contributed by atoms with E-state index in [-0.39, 0.29) is 23.7 Å². The molecule has 0 spiro atoms. The monoisotopic (exact) mass is 370 g/mol. The summed E-state index contributed by atoms with van der Waals surface area (Å²) in [5, 5.41) is 7.68. The van der Waals surface area contributed by atoms with Crippen LogP contribution >= 0.6 is 0 Å². The van der Waals surface area contributed by atoms with Gasteiger partial charge in [-0.15, -0.1) is 0 Å². The summed E-state index contributed by atoms with van der Waals surface area (Å²) in [4.78, 5) is 18.7. The van der Waals surface area contributed by atoms with Crippen molar-refractivity contribution in [3.8, 4) is 0 Å². The number of nitrogens with zero attached hydrogens (tertiary/aromatic N) is 3. The molecule has 0 unspecified atom stereocenters. The fourth-order valence-electron chi connectivity index (χ4n) is 2.99. The number of hydrogen-bond acceptors (Lipinski definition) is 5. The first kappa shape index (κ1) is 19.0. The van der Waals surface area contributed by atoms with E-state index in [9.17, 15) is 9.18 Å². The zero-order chi connectivity index (χ0) is 19.6. The highest BCUT2D eigenvalue weighted by atomic mass is 19.1. The molecule has 27 heavy (non-hydrogen) atoms. The van der Waals surface area contributed by atoms with E-state index >= 15 is 0 Å². The minimum absolute atomic E-state index is 0.150. The Morgan fingerprint density at radius 2 is 2.07 bits per heavy atom. The van der Waals surface area contributed by atoms with Gasteiger partial charge in [-0.1, -0.05) is 31.1 Å². The molecule has 7 heteroatoms. The van der Waals surface area contributed by atoms with Crippen LogP contribution in [-0.4, -0.2) is 41.6 Å². The third kappa shape index (κ3) is 4.14. The van der Waals surface area contributed by atoms with Crippen LogP contribution in [-0.2, 0) is 0 Å². The van der Waals surface area contributed by atoms with Gasteiger partial charge in [-0.2, -0.15) is 0 Å². The van der Waals surface area contributed by atoms with Crippen LogP contribution in [0.1, 0.15) is 47.4 Å². The first-order chi connectivity index (χ1) is 12.9. The van der Waals surface area contributed by atoms with E-state index in [1.807, 2.05) is 38.9 Å². The Morgan fingerprint density at radius 3 is 2.74 bits per heavy atom. The summed E-state index contributed by atoms with van der Waals surface area (Å²) in [5.74, 6) is -0.380. The number of carbonyl (C=O) groups is 1. The first-order valence-corrected chi connectivity index (χ1v) is 8.82. The van der Waals surface area contributed by atoms with Crippen LogP contribution in [0.15, 0.2) is 41.1 Å². The third-order valence-corrected chi connectivity index (χ3v) is 4.48. The maximum absolute atomic E-state index is 13.5. The lowest BCUT2D eigenvalue weighted by molar-refractivity contribution is 0.0941. The Bertz CT molecular complexity index is 952. The van der Waals surface area contributed by atoms with E-state index in [1.165, 1.54) is 18.3 Å². The zero-order valence-corrected chi connectivity index (χ0v) is 15.9. The highest BCUT2D eigenvalue weighted by Gasteiger charge is 2.19. The molecule has 1 amide bonds. The molecule has 6 nitrogen and oxygen atoms in total. The van der Waals surface area contributed by atoms with Gasteiger partial charge in [-0.25, -0.2) is 9.37 Å². The Hall–Kier alpha value is -2.80. The molecule has 1 aromatic carbocycles. The molecular weight excluding hydrogens is 347 g/mol. The average Bonchev–Trinajstić information content (AvgIpc) is 3.05. The van der Waals surface area contributed by atoms with E-state index in [1.54, 1.807) is 12.1 Å². The highest BCUT2D eigenvalue weighted by molar-refractivity contribution is 5.97. The Balaban J connectivity index is 1.78. The van der Waals surface area contributed by atoms with Gasteiger partial charge in [0.2, 0.25) is 0 Å². The molecule has 2 aromatic heterocycles. The number of benzene rings is 1. The average molecular weight is 370 g/mol. The van der Waals surface area contributed by atoms with Gasteiger partial charge in [-0.3, -0.25) is 4.79 Å². The molecule has 0 radical (unpaired) electrons. The fourth-order valence-corrected chi connectivity index (χ4v) is 2.99. The van der Waals surface area contributed by atoms with Gasteiger partial charge >= 0.3 is 0 Å². The van der Waals surface area contributed by atoms with Crippen LogP contribution in [0, 0.1) is 5.82 Å². The maximum atomic E-state index is 13.5. The molecular formula is C20H23FN4O2. The van der Waals surface area contributed by atoms with Gasteiger partial charge in [0.25, 0.3) is 11.6 Å². The number of rotatable bonds is 6. The third-order valence-electron chi connectivity index (χ3n) is 4.48. The summed E-state index contributed by atoms with van der Waals surface area (Å²) < 4.78 is 18.8. The van der Waals surface area contributed by atoms with Crippen molar-refractivity contribution in [2.24, 2.45) is 0 Å². The molecule has 3 rings (SSSR count). The van der Waals surface area contributed by atoms with E-state index in [0.717, 1.165) is 16.6 Å². The van der Waals surface area contributed by atoms with Crippen LogP contribution in [0.3, 0.4) is 0 Å². The number of aromatic nitrogens is 2. The summed E-state index contributed by atoms with van der Waals surface area (Å²) in [6.07, 6.45) is 1.47. The molecule has 0 aliphatic heterocycles. The lowest BCUT2D eigenvalue weighted by Crippen LogP contribution is -2.34. The first-order valence-electron chi connectivity index (χ1n) is 8.82. The maximum Gasteiger partial charge on any atom is 0.257 e. The van der Waals surface area contributed by atoms with Crippen LogP contribution in [0.25, 0.3) is 11.1 Å². The Morgan fingerprint density at radius 1 is 1.30 bits per heavy atom. The predicted molar refractivity (Wildman–Crippen MR) is 101 cm³/mol. The van der Waals surface area contributed by atoms with Crippen molar-refractivity contribution in [1.82, 2.24) is 20.4 Å². The molecule has 0 saturated carbocycles. The number of halogens is 1. The quantitative estimate of drug-likeness (QED) is 0.719. The van der Waals surface area contributed by atoms with Gasteiger partial charge in [0.15, 0.2) is 0 Å². The smallest absolute Gasteiger partial charge is 0.257 e. The molecule has 0 aliphatic rings. The molecule has 0 fully saturated rings. The number of fused-ring (bicyclic) bond motifs is 1. The molecule has 3 aromatic rings. The molecule has 0 aliphatic carbocycles. The van der Waals surface area contributed by atoms with Crippen molar-refractivity contribution in [1.29, 1.82) is 0 Å². The van der Waals surface area contributed by atoms with Crippen molar-refractivity contribution in [2.75, 3.05) is 20.6 Å². The summed E-state index contributed by atoms with van der Waals surface area (Å²) in [6, 6.07) is 8.00. The van der Waals surface area contributed by atoms with Crippen LogP contribution in [0.4, 0.5) is 4.39 Å². The Kier molecular flexibility index (Phi) is 5.51. The molecule has 1 atom stereocenters. The minimum Gasteiger partial charge on any atom is -0.350 e. The van der Waals surface area contributed by atoms with Crippen LogP contribution < -0.4 is 5.32 Å². The van der Waals surface area contributed by atoms with Crippen LogP contribution in [0.5, 0.6) is 0 Å².